The quantitative estimate of drug-likeness (QED) is 0.659. The minimum atomic E-state index is -0.553. The second-order valence-electron chi connectivity index (χ2n) is 7.62. The van der Waals surface area contributed by atoms with E-state index in [4.69, 9.17) is 9.47 Å². The van der Waals surface area contributed by atoms with E-state index in [0.717, 1.165) is 22.2 Å². The summed E-state index contributed by atoms with van der Waals surface area (Å²) in [4.78, 5) is 31.1. The van der Waals surface area contributed by atoms with Crippen molar-refractivity contribution in [1.29, 1.82) is 0 Å². The van der Waals surface area contributed by atoms with Crippen molar-refractivity contribution < 1.29 is 19.1 Å². The van der Waals surface area contributed by atoms with Crippen molar-refractivity contribution >= 4 is 28.9 Å². The number of aromatic amines is 1. The fourth-order valence-corrected chi connectivity index (χ4v) is 4.31. The highest BCUT2D eigenvalue weighted by Gasteiger charge is 2.43. The number of benzene rings is 2. The summed E-state index contributed by atoms with van der Waals surface area (Å²) >= 11 is 0. The molecule has 2 aliphatic rings. The zero-order valence-electron chi connectivity index (χ0n) is 17.3. The molecule has 1 fully saturated rings. The highest BCUT2D eigenvalue weighted by atomic mass is 16.5. The van der Waals surface area contributed by atoms with Gasteiger partial charge in [-0.3, -0.25) is 9.59 Å². The molecule has 2 aliphatic heterocycles. The number of methoxy groups -OCH3 is 2. The minimum Gasteiger partial charge on any atom is -0.497 e. The summed E-state index contributed by atoms with van der Waals surface area (Å²) in [5, 5.41) is 6.68. The number of carbonyl (C=O) groups is 2. The van der Waals surface area contributed by atoms with Gasteiger partial charge in [-0.05, 0) is 23.8 Å². The smallest absolute Gasteiger partial charge is 0.266 e. The van der Waals surface area contributed by atoms with Crippen molar-refractivity contribution in [1.82, 2.24) is 14.9 Å². The molecule has 158 valence electrons. The number of piperazine rings is 1. The molecule has 1 aromatic heterocycles. The molecule has 2 amide bonds. The van der Waals surface area contributed by atoms with E-state index in [1.165, 1.54) is 5.01 Å². The third kappa shape index (κ3) is 3.20. The standard InChI is InChI=1S/C23H22N4O4/c1-30-15-8-7-14(21(9-15)31-2)11-24-27-13-22(28)26-12-19-17(10-20(26)23(27)29)16-5-3-4-6-18(16)25-19/h3-9,11,20,25H,10,12-13H2,1-2H3/t20-/m1/s1. The number of amides is 2. The zero-order valence-corrected chi connectivity index (χ0v) is 17.3. The highest BCUT2D eigenvalue weighted by molar-refractivity contribution is 5.97. The highest BCUT2D eigenvalue weighted by Crippen LogP contribution is 2.32. The van der Waals surface area contributed by atoms with E-state index in [9.17, 15) is 9.59 Å². The van der Waals surface area contributed by atoms with Crippen molar-refractivity contribution in [3.63, 3.8) is 0 Å². The summed E-state index contributed by atoms with van der Waals surface area (Å²) in [6.45, 7) is 0.322. The molecule has 8 heteroatoms. The second-order valence-corrected chi connectivity index (χ2v) is 7.62. The Morgan fingerprint density at radius 1 is 1.10 bits per heavy atom. The number of hydrazone groups is 1. The SMILES string of the molecule is COc1ccc(C=NN2CC(=O)N3Cc4[nH]c5ccccc5c4C[C@@H]3C2=O)c(OC)c1. The molecule has 31 heavy (non-hydrogen) atoms. The lowest BCUT2D eigenvalue weighted by Gasteiger charge is -2.40. The summed E-state index contributed by atoms with van der Waals surface area (Å²) in [7, 11) is 3.13. The second kappa shape index (κ2) is 7.46. The van der Waals surface area contributed by atoms with E-state index in [1.54, 1.807) is 43.5 Å². The average Bonchev–Trinajstić information content (AvgIpc) is 3.17. The van der Waals surface area contributed by atoms with Crippen molar-refractivity contribution in [2.24, 2.45) is 5.10 Å². The predicted octanol–water partition coefficient (Wildman–Crippen LogP) is 2.31. The normalized spacial score (nSPS) is 18.5. The van der Waals surface area contributed by atoms with E-state index >= 15 is 0 Å². The third-order valence-electron chi connectivity index (χ3n) is 5.93. The van der Waals surface area contributed by atoms with E-state index in [2.05, 4.69) is 10.1 Å². The van der Waals surface area contributed by atoms with Crippen LogP contribution in [0.2, 0.25) is 0 Å². The van der Waals surface area contributed by atoms with Crippen molar-refractivity contribution in [2.45, 2.75) is 19.0 Å². The van der Waals surface area contributed by atoms with Gasteiger partial charge in [0.05, 0.1) is 27.0 Å². The van der Waals surface area contributed by atoms with Crippen LogP contribution < -0.4 is 9.47 Å². The van der Waals surface area contributed by atoms with Crippen LogP contribution in [0.15, 0.2) is 47.6 Å². The molecule has 1 N–H and O–H groups in total. The van der Waals surface area contributed by atoms with Crippen LogP contribution in [-0.4, -0.2) is 59.7 Å². The first kappa shape index (κ1) is 19.2. The lowest BCUT2D eigenvalue weighted by Crippen LogP contribution is -2.60. The van der Waals surface area contributed by atoms with E-state index in [0.29, 0.717) is 30.0 Å². The van der Waals surface area contributed by atoms with Crippen molar-refractivity contribution in [3.05, 3.63) is 59.3 Å². The van der Waals surface area contributed by atoms with E-state index in [-0.39, 0.29) is 18.4 Å². The molecule has 1 saturated heterocycles. The molecular formula is C23H22N4O4. The summed E-state index contributed by atoms with van der Waals surface area (Å²) in [5.41, 5.74) is 3.81. The van der Waals surface area contributed by atoms with Crippen LogP contribution in [0.1, 0.15) is 16.8 Å². The number of hydrogen-bond donors (Lipinski definition) is 1. The number of carbonyl (C=O) groups excluding carboxylic acids is 2. The Morgan fingerprint density at radius 3 is 2.74 bits per heavy atom. The van der Waals surface area contributed by atoms with Gasteiger partial charge in [0.2, 0.25) is 5.91 Å². The van der Waals surface area contributed by atoms with Gasteiger partial charge in [-0.1, -0.05) is 18.2 Å². The Morgan fingerprint density at radius 2 is 1.94 bits per heavy atom. The maximum Gasteiger partial charge on any atom is 0.266 e. The van der Waals surface area contributed by atoms with Gasteiger partial charge < -0.3 is 19.4 Å². The Balaban J connectivity index is 1.42. The van der Waals surface area contributed by atoms with Gasteiger partial charge in [0.15, 0.2) is 0 Å². The van der Waals surface area contributed by atoms with Crippen LogP contribution in [0.3, 0.4) is 0 Å². The van der Waals surface area contributed by atoms with E-state index in [1.807, 2.05) is 24.3 Å². The average molecular weight is 418 g/mol. The van der Waals surface area contributed by atoms with Crippen molar-refractivity contribution in [2.75, 3.05) is 20.8 Å². The van der Waals surface area contributed by atoms with Crippen LogP contribution in [0.4, 0.5) is 0 Å². The van der Waals surface area contributed by atoms with Gasteiger partial charge in [-0.2, -0.15) is 5.10 Å². The molecule has 8 nitrogen and oxygen atoms in total. The lowest BCUT2D eigenvalue weighted by molar-refractivity contribution is -0.157. The number of aromatic nitrogens is 1. The number of para-hydroxylation sites is 1. The van der Waals surface area contributed by atoms with Gasteiger partial charge in [-0.25, -0.2) is 5.01 Å². The third-order valence-corrected chi connectivity index (χ3v) is 5.93. The maximum absolute atomic E-state index is 13.2. The predicted molar refractivity (Wildman–Crippen MR) is 115 cm³/mol. The Hall–Kier alpha value is -3.81. The van der Waals surface area contributed by atoms with Gasteiger partial charge in [-0.15, -0.1) is 0 Å². The Kier molecular flexibility index (Phi) is 4.62. The summed E-state index contributed by atoms with van der Waals surface area (Å²) in [5.74, 6) is 0.930. The topological polar surface area (TPSA) is 87.2 Å². The Bertz CT molecular complexity index is 1220. The molecule has 5 rings (SSSR count). The van der Waals surface area contributed by atoms with Crippen LogP contribution in [0, 0.1) is 0 Å². The van der Waals surface area contributed by atoms with Gasteiger partial charge in [0.25, 0.3) is 5.91 Å². The first-order chi connectivity index (χ1) is 15.1. The van der Waals surface area contributed by atoms with E-state index < -0.39 is 6.04 Å². The first-order valence-corrected chi connectivity index (χ1v) is 10.0. The van der Waals surface area contributed by atoms with Gasteiger partial charge in [0, 0.05) is 34.6 Å². The minimum absolute atomic E-state index is 0.0835. The molecule has 0 bridgehead atoms. The molecule has 0 radical (unpaired) electrons. The van der Waals surface area contributed by atoms with Crippen molar-refractivity contribution in [3.8, 4) is 11.5 Å². The molecule has 3 heterocycles. The largest absolute Gasteiger partial charge is 0.497 e. The molecule has 1 atom stereocenters. The maximum atomic E-state index is 13.2. The molecule has 0 saturated carbocycles. The number of ether oxygens (including phenoxy) is 2. The zero-order chi connectivity index (χ0) is 21.5. The fourth-order valence-electron chi connectivity index (χ4n) is 4.31. The number of nitrogens with one attached hydrogen (secondary N) is 1. The summed E-state index contributed by atoms with van der Waals surface area (Å²) in [6.07, 6.45) is 2.01. The number of rotatable bonds is 4. The summed E-state index contributed by atoms with van der Waals surface area (Å²) < 4.78 is 10.6. The molecule has 0 unspecified atom stereocenters. The number of nitrogens with zero attached hydrogens (tertiary/aromatic N) is 3. The first-order valence-electron chi connectivity index (χ1n) is 10.0. The molecule has 2 aromatic carbocycles. The Labute approximate surface area is 179 Å². The van der Waals surface area contributed by atoms with Crippen LogP contribution in [0.5, 0.6) is 11.5 Å². The summed E-state index contributed by atoms with van der Waals surface area (Å²) in [6, 6.07) is 12.8. The number of hydrogen-bond acceptors (Lipinski definition) is 5. The number of H-pyrrole nitrogens is 1. The molecule has 3 aromatic rings. The number of fused-ring (bicyclic) bond motifs is 4. The molecule has 0 spiro atoms. The monoisotopic (exact) mass is 418 g/mol. The van der Waals surface area contributed by atoms with Crippen LogP contribution >= 0.6 is 0 Å². The lowest BCUT2D eigenvalue weighted by atomic mass is 9.94. The van der Waals surface area contributed by atoms with Gasteiger partial charge in [0.1, 0.15) is 24.1 Å². The van der Waals surface area contributed by atoms with Crippen LogP contribution in [-0.2, 0) is 22.6 Å². The van der Waals surface area contributed by atoms with Crippen LogP contribution in [0.25, 0.3) is 10.9 Å². The molecule has 0 aliphatic carbocycles. The molecular weight excluding hydrogens is 396 g/mol. The van der Waals surface area contributed by atoms with Gasteiger partial charge >= 0.3 is 0 Å². The fraction of sp³-hybridized carbons (Fsp3) is 0.261.